The molecule has 3 rings (SSSR count). The standard InChI is InChI=1S/C15H12F2N4O2S/c1-21-4-9(14(18)23)13(22)8-3-10(16)7(11(17)12(8)21)2-6-5-24-15(19)20-6/h3-5H,2H2,1H3,(H2,18,23)(H2,19,20). The van der Waals surface area contributed by atoms with E-state index in [4.69, 9.17) is 11.5 Å². The number of benzene rings is 1. The van der Waals surface area contributed by atoms with Crippen molar-refractivity contribution in [2.75, 3.05) is 5.73 Å². The van der Waals surface area contributed by atoms with Gasteiger partial charge >= 0.3 is 0 Å². The van der Waals surface area contributed by atoms with Gasteiger partial charge < -0.3 is 16.0 Å². The zero-order chi connectivity index (χ0) is 17.6. The van der Waals surface area contributed by atoms with Gasteiger partial charge in [-0.15, -0.1) is 11.3 Å². The van der Waals surface area contributed by atoms with E-state index in [1.807, 2.05) is 0 Å². The molecule has 1 aromatic carbocycles. The number of hydrogen-bond donors (Lipinski definition) is 2. The van der Waals surface area contributed by atoms with E-state index in [0.717, 1.165) is 23.6 Å². The average molecular weight is 350 g/mol. The third-order valence-electron chi connectivity index (χ3n) is 3.64. The van der Waals surface area contributed by atoms with Gasteiger partial charge in [-0.05, 0) is 6.07 Å². The van der Waals surface area contributed by atoms with Gasteiger partial charge in [0.2, 0.25) is 5.43 Å². The van der Waals surface area contributed by atoms with E-state index in [-0.39, 0.29) is 28.5 Å². The normalized spacial score (nSPS) is 11.1. The fourth-order valence-electron chi connectivity index (χ4n) is 2.55. The number of hydrogen-bond acceptors (Lipinski definition) is 5. The molecule has 0 fully saturated rings. The van der Waals surface area contributed by atoms with Gasteiger partial charge in [-0.1, -0.05) is 0 Å². The number of amides is 1. The molecular weight excluding hydrogens is 338 g/mol. The van der Waals surface area contributed by atoms with Crippen molar-refractivity contribution in [1.82, 2.24) is 9.55 Å². The molecule has 0 spiro atoms. The molecule has 2 heterocycles. The number of pyridine rings is 1. The van der Waals surface area contributed by atoms with Crippen LogP contribution in [0.15, 0.2) is 22.4 Å². The lowest BCUT2D eigenvalue weighted by Gasteiger charge is -2.12. The molecule has 0 aliphatic heterocycles. The molecule has 0 saturated heterocycles. The fraction of sp³-hybridized carbons (Fsp3) is 0.133. The Balaban J connectivity index is 2.27. The van der Waals surface area contributed by atoms with Crippen LogP contribution in [0, 0.1) is 11.6 Å². The Labute approximate surface area is 138 Å². The molecule has 6 nitrogen and oxygen atoms in total. The van der Waals surface area contributed by atoms with Gasteiger partial charge in [0, 0.05) is 30.6 Å². The summed E-state index contributed by atoms with van der Waals surface area (Å²) in [5, 5.41) is 1.66. The van der Waals surface area contributed by atoms with Gasteiger partial charge in [-0.25, -0.2) is 13.8 Å². The van der Waals surface area contributed by atoms with Crippen molar-refractivity contribution < 1.29 is 13.6 Å². The van der Waals surface area contributed by atoms with E-state index in [2.05, 4.69) is 4.98 Å². The van der Waals surface area contributed by atoms with Crippen LogP contribution in [0.25, 0.3) is 10.9 Å². The average Bonchev–Trinajstić information content (AvgIpc) is 2.91. The Morgan fingerprint density at radius 2 is 2.12 bits per heavy atom. The molecule has 0 radical (unpaired) electrons. The minimum absolute atomic E-state index is 0.104. The number of nitrogens with zero attached hydrogens (tertiary/aromatic N) is 2. The summed E-state index contributed by atoms with van der Waals surface area (Å²) >= 11 is 1.16. The first kappa shape index (κ1) is 16.1. The number of halogens is 2. The highest BCUT2D eigenvalue weighted by molar-refractivity contribution is 7.13. The van der Waals surface area contributed by atoms with Crippen molar-refractivity contribution >= 4 is 33.3 Å². The van der Waals surface area contributed by atoms with Gasteiger partial charge in [0.1, 0.15) is 11.4 Å². The zero-order valence-electron chi connectivity index (χ0n) is 12.5. The van der Waals surface area contributed by atoms with Crippen molar-refractivity contribution in [2.24, 2.45) is 12.8 Å². The summed E-state index contributed by atoms with van der Waals surface area (Å²) in [7, 11) is 1.44. The quantitative estimate of drug-likeness (QED) is 0.748. The summed E-state index contributed by atoms with van der Waals surface area (Å²) in [5.41, 5.74) is 9.60. The van der Waals surface area contributed by atoms with E-state index in [9.17, 15) is 18.4 Å². The summed E-state index contributed by atoms with van der Waals surface area (Å²) in [5.74, 6) is -2.74. The molecule has 0 saturated carbocycles. The number of primary amides is 1. The number of thiazole rings is 1. The number of nitrogens with two attached hydrogens (primary N) is 2. The number of carbonyl (C=O) groups is 1. The van der Waals surface area contributed by atoms with Crippen LogP contribution < -0.4 is 16.9 Å². The first-order chi connectivity index (χ1) is 11.3. The van der Waals surface area contributed by atoms with Gasteiger partial charge in [-0.2, -0.15) is 0 Å². The number of carbonyl (C=O) groups excluding carboxylic acids is 1. The molecule has 9 heteroatoms. The molecule has 1 amide bonds. The second-order valence-electron chi connectivity index (χ2n) is 5.25. The van der Waals surface area contributed by atoms with Crippen molar-refractivity contribution in [2.45, 2.75) is 6.42 Å². The maximum Gasteiger partial charge on any atom is 0.254 e. The summed E-state index contributed by atoms with van der Waals surface area (Å²) < 4.78 is 30.4. The number of aromatic nitrogens is 2. The van der Waals surface area contributed by atoms with E-state index in [1.54, 1.807) is 5.38 Å². The van der Waals surface area contributed by atoms with Gasteiger partial charge in [0.15, 0.2) is 10.9 Å². The second-order valence-corrected chi connectivity index (χ2v) is 6.14. The smallest absolute Gasteiger partial charge is 0.254 e. The molecule has 2 aromatic heterocycles. The van der Waals surface area contributed by atoms with Crippen molar-refractivity contribution in [3.63, 3.8) is 0 Å². The molecule has 24 heavy (non-hydrogen) atoms. The fourth-order valence-corrected chi connectivity index (χ4v) is 3.11. The van der Waals surface area contributed by atoms with Crippen LogP contribution >= 0.6 is 11.3 Å². The van der Waals surface area contributed by atoms with Crippen LogP contribution in [-0.2, 0) is 13.5 Å². The van der Waals surface area contributed by atoms with Crippen molar-refractivity contribution in [3.05, 3.63) is 56.3 Å². The van der Waals surface area contributed by atoms with E-state index >= 15 is 0 Å². The van der Waals surface area contributed by atoms with E-state index < -0.39 is 23.0 Å². The second kappa shape index (κ2) is 5.68. The Hall–Kier alpha value is -2.81. The number of fused-ring (bicyclic) bond motifs is 1. The Morgan fingerprint density at radius 1 is 1.42 bits per heavy atom. The highest BCUT2D eigenvalue weighted by Crippen LogP contribution is 2.25. The number of nitrogen functional groups attached to an aromatic ring is 1. The third-order valence-corrected chi connectivity index (χ3v) is 4.37. The number of rotatable bonds is 3. The molecule has 124 valence electrons. The third kappa shape index (κ3) is 2.52. The van der Waals surface area contributed by atoms with Crippen LogP contribution in [-0.4, -0.2) is 15.5 Å². The highest BCUT2D eigenvalue weighted by Gasteiger charge is 2.21. The molecule has 0 aliphatic rings. The number of aryl methyl sites for hydroxylation is 1. The predicted molar refractivity (Wildman–Crippen MR) is 87.0 cm³/mol. The largest absolute Gasteiger partial charge is 0.375 e. The zero-order valence-corrected chi connectivity index (χ0v) is 13.3. The Bertz CT molecular complexity index is 1040. The highest BCUT2D eigenvalue weighted by atomic mass is 32.1. The summed E-state index contributed by atoms with van der Waals surface area (Å²) in [4.78, 5) is 27.5. The molecule has 0 atom stereocenters. The molecule has 4 N–H and O–H groups in total. The first-order valence-corrected chi connectivity index (χ1v) is 7.67. The Morgan fingerprint density at radius 3 is 2.71 bits per heavy atom. The van der Waals surface area contributed by atoms with Crippen molar-refractivity contribution in [1.29, 1.82) is 0 Å². The predicted octanol–water partition coefficient (Wildman–Crippen LogP) is 1.55. The van der Waals surface area contributed by atoms with Crippen LogP contribution in [0.5, 0.6) is 0 Å². The lowest BCUT2D eigenvalue weighted by Crippen LogP contribution is -2.24. The van der Waals surface area contributed by atoms with Crippen molar-refractivity contribution in [3.8, 4) is 0 Å². The van der Waals surface area contributed by atoms with Gasteiger partial charge in [0.25, 0.3) is 5.91 Å². The maximum atomic E-state index is 14.8. The summed E-state index contributed by atoms with van der Waals surface area (Å²) in [6.07, 6.45) is 1.03. The lowest BCUT2D eigenvalue weighted by atomic mass is 10.0. The van der Waals surface area contributed by atoms with E-state index in [0.29, 0.717) is 10.8 Å². The Kier molecular flexibility index (Phi) is 3.80. The van der Waals surface area contributed by atoms with Crippen LogP contribution in [0.2, 0.25) is 0 Å². The molecule has 3 aromatic rings. The van der Waals surface area contributed by atoms with Crippen LogP contribution in [0.1, 0.15) is 21.6 Å². The topological polar surface area (TPSA) is 104 Å². The number of anilines is 1. The first-order valence-electron chi connectivity index (χ1n) is 6.79. The van der Waals surface area contributed by atoms with E-state index in [1.165, 1.54) is 11.6 Å². The van der Waals surface area contributed by atoms with Crippen LogP contribution in [0.4, 0.5) is 13.9 Å². The summed E-state index contributed by atoms with van der Waals surface area (Å²) in [6, 6.07) is 0.915. The lowest BCUT2D eigenvalue weighted by molar-refractivity contribution is 0.0999. The van der Waals surface area contributed by atoms with Gasteiger partial charge in [0.05, 0.1) is 16.6 Å². The monoisotopic (exact) mass is 350 g/mol. The maximum absolute atomic E-state index is 14.8. The molecule has 0 aliphatic carbocycles. The van der Waals surface area contributed by atoms with Crippen LogP contribution in [0.3, 0.4) is 0 Å². The molecule has 0 bridgehead atoms. The SMILES string of the molecule is Cn1cc(C(N)=O)c(=O)c2cc(F)c(Cc3csc(N)n3)c(F)c21. The molecule has 0 unspecified atom stereocenters. The summed E-state index contributed by atoms with van der Waals surface area (Å²) in [6.45, 7) is 0. The molecular formula is C15H12F2N4O2S. The minimum Gasteiger partial charge on any atom is -0.375 e. The minimum atomic E-state index is -0.958. The van der Waals surface area contributed by atoms with Gasteiger partial charge in [-0.3, -0.25) is 9.59 Å².